The Morgan fingerprint density at radius 2 is 2.00 bits per heavy atom. The summed E-state index contributed by atoms with van der Waals surface area (Å²) in [5.41, 5.74) is 2.48. The summed E-state index contributed by atoms with van der Waals surface area (Å²) in [6.07, 6.45) is 4.95. The molecule has 3 N–H and O–H groups in total. The number of carbonyl (C=O) groups excluding carboxylic acids is 2. The minimum absolute atomic E-state index is 0.0229. The van der Waals surface area contributed by atoms with Gasteiger partial charge >= 0.3 is 0 Å². The van der Waals surface area contributed by atoms with Gasteiger partial charge in [0.2, 0.25) is 17.7 Å². The highest BCUT2D eigenvalue weighted by molar-refractivity contribution is 6.07. The minimum atomic E-state index is -0.202. The fourth-order valence-electron chi connectivity index (χ4n) is 5.00. The number of carbonyl (C=O) groups is 2. The van der Waals surface area contributed by atoms with Crippen LogP contribution in [0.2, 0.25) is 0 Å². The zero-order chi connectivity index (χ0) is 27.4. The number of aromatic nitrogens is 2. The minimum Gasteiger partial charge on any atom is -0.460 e. The molecule has 202 valence electrons. The second kappa shape index (κ2) is 11.5. The quantitative estimate of drug-likeness (QED) is 0.270. The number of hydrogen-bond donors (Lipinski definition) is 3. The van der Waals surface area contributed by atoms with E-state index in [2.05, 4.69) is 37.7 Å². The fraction of sp³-hybridized carbons (Fsp3) is 0.310. The third kappa shape index (κ3) is 6.01. The summed E-state index contributed by atoms with van der Waals surface area (Å²) in [6, 6.07) is 14.8. The predicted molar refractivity (Wildman–Crippen MR) is 150 cm³/mol. The molecule has 0 bridgehead atoms. The van der Waals surface area contributed by atoms with Gasteiger partial charge in [-0.15, -0.1) is 0 Å². The van der Waals surface area contributed by atoms with Crippen molar-refractivity contribution < 1.29 is 18.7 Å². The Labute approximate surface area is 226 Å². The first kappa shape index (κ1) is 26.2. The van der Waals surface area contributed by atoms with E-state index < -0.39 is 0 Å². The lowest BCUT2D eigenvalue weighted by molar-refractivity contribution is -0.117. The molecule has 39 heavy (non-hydrogen) atoms. The van der Waals surface area contributed by atoms with Crippen molar-refractivity contribution in [2.45, 2.75) is 39.2 Å². The highest BCUT2D eigenvalue weighted by atomic mass is 16.5. The van der Waals surface area contributed by atoms with Gasteiger partial charge in [-0.1, -0.05) is 13.0 Å². The van der Waals surface area contributed by atoms with E-state index in [0.29, 0.717) is 58.1 Å². The molecule has 3 heterocycles. The first-order valence-electron chi connectivity index (χ1n) is 13.1. The maximum atomic E-state index is 12.6. The Kier molecular flexibility index (Phi) is 7.74. The Bertz CT molecular complexity index is 1500. The van der Waals surface area contributed by atoms with E-state index >= 15 is 0 Å². The van der Waals surface area contributed by atoms with Crippen molar-refractivity contribution in [3.8, 4) is 11.6 Å². The standard InChI is InChI=1S/C29H32N6O4/c1-4-21-9-6-14-35(21)17-25(36)32-19-7-5-8-20(15-19)33-29-31-13-12-26(34-29)39-22-10-11-23-24(16-22)38-18(2)27(23)28(37)30-3/h5,7-8,10-13,15-16,21H,4,6,9,14,17H2,1-3H3,(H,30,37)(H,32,36)(H,31,33,34). The zero-order valence-corrected chi connectivity index (χ0v) is 22.3. The second-order valence-corrected chi connectivity index (χ2v) is 9.52. The van der Waals surface area contributed by atoms with Crippen LogP contribution < -0.4 is 20.7 Å². The molecule has 1 saturated heterocycles. The topological polar surface area (TPSA) is 122 Å². The van der Waals surface area contributed by atoms with Crippen LogP contribution in [0.15, 0.2) is 59.1 Å². The lowest BCUT2D eigenvalue weighted by Crippen LogP contribution is -2.36. The van der Waals surface area contributed by atoms with Crippen LogP contribution in [0, 0.1) is 6.92 Å². The lowest BCUT2D eigenvalue weighted by atomic mass is 10.1. The van der Waals surface area contributed by atoms with Crippen molar-refractivity contribution >= 4 is 40.1 Å². The number of nitrogens with zero attached hydrogens (tertiary/aromatic N) is 3. The number of fused-ring (bicyclic) bond motifs is 1. The summed E-state index contributed by atoms with van der Waals surface area (Å²) < 4.78 is 11.7. The molecule has 2 amide bonds. The molecule has 4 aromatic rings. The number of anilines is 3. The number of benzene rings is 2. The molecular formula is C29H32N6O4. The number of likely N-dealkylation sites (tertiary alicyclic amines) is 1. The number of nitrogens with one attached hydrogen (secondary N) is 3. The Morgan fingerprint density at radius 1 is 1.15 bits per heavy atom. The third-order valence-corrected chi connectivity index (χ3v) is 6.86. The summed E-state index contributed by atoms with van der Waals surface area (Å²) in [5.74, 6) is 1.50. The summed E-state index contributed by atoms with van der Waals surface area (Å²) in [5, 5.41) is 9.51. The van der Waals surface area contributed by atoms with Crippen LogP contribution in [0.1, 0.15) is 42.3 Å². The van der Waals surface area contributed by atoms with E-state index in [1.54, 1.807) is 44.4 Å². The molecule has 2 aromatic carbocycles. The van der Waals surface area contributed by atoms with Crippen LogP contribution in [0.3, 0.4) is 0 Å². The molecule has 1 aliphatic rings. The lowest BCUT2D eigenvalue weighted by Gasteiger charge is -2.22. The van der Waals surface area contributed by atoms with Crippen LogP contribution in [0.5, 0.6) is 11.6 Å². The number of furan rings is 1. The average Bonchev–Trinajstić information content (AvgIpc) is 3.50. The molecule has 1 unspecified atom stereocenters. The van der Waals surface area contributed by atoms with E-state index in [-0.39, 0.29) is 11.8 Å². The molecule has 1 fully saturated rings. The summed E-state index contributed by atoms with van der Waals surface area (Å²) in [7, 11) is 1.59. The summed E-state index contributed by atoms with van der Waals surface area (Å²) >= 11 is 0. The largest absolute Gasteiger partial charge is 0.460 e. The molecule has 0 spiro atoms. The second-order valence-electron chi connectivity index (χ2n) is 9.52. The molecule has 0 saturated carbocycles. The van der Waals surface area contributed by atoms with E-state index in [9.17, 15) is 9.59 Å². The first-order chi connectivity index (χ1) is 18.9. The number of ether oxygens (including phenoxy) is 1. The van der Waals surface area contributed by atoms with E-state index in [1.165, 1.54) is 0 Å². The van der Waals surface area contributed by atoms with Crippen molar-refractivity contribution in [2.75, 3.05) is 30.8 Å². The molecular weight excluding hydrogens is 496 g/mol. The van der Waals surface area contributed by atoms with Gasteiger partial charge in [-0.3, -0.25) is 14.5 Å². The molecule has 0 aliphatic carbocycles. The van der Waals surface area contributed by atoms with Gasteiger partial charge in [-0.2, -0.15) is 4.98 Å². The van der Waals surface area contributed by atoms with Gasteiger partial charge in [0.1, 0.15) is 17.1 Å². The number of hydrogen-bond acceptors (Lipinski definition) is 8. The van der Waals surface area contributed by atoms with Gasteiger partial charge in [-0.25, -0.2) is 4.98 Å². The molecule has 2 aromatic heterocycles. The van der Waals surface area contributed by atoms with Crippen molar-refractivity contribution in [1.82, 2.24) is 20.2 Å². The van der Waals surface area contributed by atoms with Crippen molar-refractivity contribution in [3.63, 3.8) is 0 Å². The Morgan fingerprint density at radius 3 is 2.82 bits per heavy atom. The molecule has 0 radical (unpaired) electrons. The van der Waals surface area contributed by atoms with Gasteiger partial charge in [0.05, 0.1) is 12.1 Å². The van der Waals surface area contributed by atoms with E-state index in [0.717, 1.165) is 31.5 Å². The van der Waals surface area contributed by atoms with Crippen molar-refractivity contribution in [1.29, 1.82) is 0 Å². The van der Waals surface area contributed by atoms with Gasteiger partial charge in [0.15, 0.2) is 0 Å². The van der Waals surface area contributed by atoms with Crippen LogP contribution in [-0.4, -0.2) is 52.9 Å². The summed E-state index contributed by atoms with van der Waals surface area (Å²) in [6.45, 7) is 5.29. The molecule has 10 heteroatoms. The number of aryl methyl sites for hydroxylation is 1. The molecule has 5 rings (SSSR count). The van der Waals surface area contributed by atoms with Gasteiger partial charge in [-0.05, 0) is 63.1 Å². The normalized spacial score (nSPS) is 15.3. The van der Waals surface area contributed by atoms with E-state index in [1.807, 2.05) is 24.3 Å². The zero-order valence-electron chi connectivity index (χ0n) is 22.3. The Balaban J connectivity index is 1.24. The van der Waals surface area contributed by atoms with Gasteiger partial charge < -0.3 is 25.1 Å². The molecule has 1 atom stereocenters. The third-order valence-electron chi connectivity index (χ3n) is 6.86. The van der Waals surface area contributed by atoms with Crippen molar-refractivity contribution in [3.05, 3.63) is 66.1 Å². The molecule has 10 nitrogen and oxygen atoms in total. The SMILES string of the molecule is CCC1CCCN1CC(=O)Nc1cccc(Nc2nccc(Oc3ccc4c(C(=O)NC)c(C)oc4c3)n2)c1. The highest BCUT2D eigenvalue weighted by Gasteiger charge is 2.24. The molecule has 1 aliphatic heterocycles. The number of rotatable bonds is 9. The van der Waals surface area contributed by atoms with Gasteiger partial charge in [0.25, 0.3) is 5.91 Å². The van der Waals surface area contributed by atoms with Crippen molar-refractivity contribution in [2.24, 2.45) is 0 Å². The smallest absolute Gasteiger partial charge is 0.255 e. The Hall–Kier alpha value is -4.44. The highest BCUT2D eigenvalue weighted by Crippen LogP contribution is 2.31. The first-order valence-corrected chi connectivity index (χ1v) is 13.1. The maximum absolute atomic E-state index is 12.6. The maximum Gasteiger partial charge on any atom is 0.255 e. The monoisotopic (exact) mass is 528 g/mol. The van der Waals surface area contributed by atoms with E-state index in [4.69, 9.17) is 9.15 Å². The van der Waals surface area contributed by atoms with Crippen LogP contribution in [0.25, 0.3) is 11.0 Å². The average molecular weight is 529 g/mol. The van der Waals surface area contributed by atoms with Crippen LogP contribution >= 0.6 is 0 Å². The predicted octanol–water partition coefficient (Wildman–Crippen LogP) is 5.24. The van der Waals surface area contributed by atoms with Gasteiger partial charge in [0, 0.05) is 48.2 Å². The van der Waals surface area contributed by atoms with Crippen LogP contribution in [0.4, 0.5) is 17.3 Å². The van der Waals surface area contributed by atoms with Crippen LogP contribution in [-0.2, 0) is 4.79 Å². The number of amides is 2. The fourth-order valence-corrected chi connectivity index (χ4v) is 5.00. The summed E-state index contributed by atoms with van der Waals surface area (Å²) in [4.78, 5) is 35.8.